The van der Waals surface area contributed by atoms with Crippen molar-refractivity contribution in [2.24, 2.45) is 0 Å². The first-order valence-electron chi connectivity index (χ1n) is 6.33. The molecule has 2 aromatic rings. The fraction of sp³-hybridized carbons (Fsp3) is 0.267. The zero-order valence-electron chi connectivity index (χ0n) is 11.2. The molecular weight excluding hydrogens is 241 g/mol. The lowest BCUT2D eigenvalue weighted by molar-refractivity contribution is 0.627. The van der Waals surface area contributed by atoms with Crippen molar-refractivity contribution in [3.05, 3.63) is 54.1 Å². The van der Waals surface area contributed by atoms with Crippen LogP contribution in [-0.2, 0) is 6.54 Å². The van der Waals surface area contributed by atoms with Crippen LogP contribution in [0, 0.1) is 5.82 Å². The highest BCUT2D eigenvalue weighted by molar-refractivity contribution is 5.55. The number of aromatic nitrogens is 1. The first kappa shape index (κ1) is 13.3. The summed E-state index contributed by atoms with van der Waals surface area (Å²) in [5.41, 5.74) is 3.10. The first-order valence-corrected chi connectivity index (χ1v) is 6.33. The van der Waals surface area contributed by atoms with E-state index < -0.39 is 0 Å². The number of halogens is 1. The van der Waals surface area contributed by atoms with E-state index in [1.54, 1.807) is 18.3 Å². The molecule has 0 unspecified atom stereocenters. The zero-order chi connectivity index (χ0) is 13.7. The number of hydrogen-bond donors (Lipinski definition) is 1. The maximum absolute atomic E-state index is 12.9. The first-order chi connectivity index (χ1) is 9.19. The van der Waals surface area contributed by atoms with Crippen LogP contribution in [0.5, 0.6) is 0 Å². The van der Waals surface area contributed by atoms with E-state index in [0.717, 1.165) is 30.0 Å². The van der Waals surface area contributed by atoms with E-state index in [4.69, 9.17) is 0 Å². The predicted octanol–water partition coefficient (Wildman–Crippen LogP) is 3.29. The Bertz CT molecular complexity index is 525. The molecule has 0 aliphatic heterocycles. The van der Waals surface area contributed by atoms with Crippen LogP contribution in [-0.4, -0.2) is 18.6 Å². The predicted molar refractivity (Wildman–Crippen MR) is 76.9 cm³/mol. The molecule has 0 aliphatic rings. The van der Waals surface area contributed by atoms with E-state index in [0.29, 0.717) is 0 Å². The second-order valence-corrected chi connectivity index (χ2v) is 4.44. The van der Waals surface area contributed by atoms with Gasteiger partial charge in [-0.05, 0) is 30.7 Å². The van der Waals surface area contributed by atoms with Crippen LogP contribution in [0.15, 0.2) is 42.7 Å². The molecule has 4 heteroatoms. The Morgan fingerprint density at radius 1 is 1.21 bits per heavy atom. The number of pyridine rings is 1. The van der Waals surface area contributed by atoms with E-state index in [1.165, 1.54) is 12.1 Å². The molecule has 1 N–H and O–H groups in total. The van der Waals surface area contributed by atoms with Crippen LogP contribution < -0.4 is 10.2 Å². The van der Waals surface area contributed by atoms with Gasteiger partial charge < -0.3 is 10.2 Å². The number of nitrogens with one attached hydrogen (secondary N) is 1. The summed E-state index contributed by atoms with van der Waals surface area (Å²) < 4.78 is 12.9. The van der Waals surface area contributed by atoms with E-state index in [2.05, 4.69) is 28.2 Å². The highest BCUT2D eigenvalue weighted by atomic mass is 19.1. The standard InChI is InChI=1S/C15H18FN3/c1-3-18-14-8-15(10-17-9-14)19(2)11-12-4-6-13(16)7-5-12/h4-10,18H,3,11H2,1-2H3. The largest absolute Gasteiger partial charge is 0.384 e. The van der Waals surface area contributed by atoms with Gasteiger partial charge in [-0.3, -0.25) is 4.98 Å². The van der Waals surface area contributed by atoms with Crippen molar-refractivity contribution in [2.75, 3.05) is 23.8 Å². The van der Waals surface area contributed by atoms with Crippen LogP contribution in [0.3, 0.4) is 0 Å². The molecule has 0 radical (unpaired) electrons. The van der Waals surface area contributed by atoms with Crippen LogP contribution in [0.1, 0.15) is 12.5 Å². The summed E-state index contributed by atoms with van der Waals surface area (Å²) in [6, 6.07) is 8.62. The van der Waals surface area contributed by atoms with Crippen molar-refractivity contribution >= 4 is 11.4 Å². The molecule has 0 saturated carbocycles. The average molecular weight is 259 g/mol. The van der Waals surface area contributed by atoms with Gasteiger partial charge in [0.25, 0.3) is 0 Å². The number of benzene rings is 1. The van der Waals surface area contributed by atoms with E-state index in [1.807, 2.05) is 13.2 Å². The van der Waals surface area contributed by atoms with Crippen molar-refractivity contribution in [1.82, 2.24) is 4.98 Å². The molecule has 100 valence electrons. The Morgan fingerprint density at radius 2 is 1.95 bits per heavy atom. The maximum atomic E-state index is 12.9. The van der Waals surface area contributed by atoms with Crippen LogP contribution in [0.4, 0.5) is 15.8 Å². The Labute approximate surface area is 113 Å². The second-order valence-electron chi connectivity index (χ2n) is 4.44. The minimum Gasteiger partial charge on any atom is -0.384 e. The minimum atomic E-state index is -0.206. The Hall–Kier alpha value is -2.10. The molecule has 19 heavy (non-hydrogen) atoms. The van der Waals surface area contributed by atoms with Crippen LogP contribution in [0.25, 0.3) is 0 Å². The highest BCUT2D eigenvalue weighted by Crippen LogP contribution is 2.18. The van der Waals surface area contributed by atoms with Gasteiger partial charge in [-0.1, -0.05) is 12.1 Å². The minimum absolute atomic E-state index is 0.206. The molecule has 3 nitrogen and oxygen atoms in total. The second kappa shape index (κ2) is 6.18. The van der Waals surface area contributed by atoms with Gasteiger partial charge in [-0.2, -0.15) is 0 Å². The molecule has 2 rings (SSSR count). The van der Waals surface area contributed by atoms with Crippen molar-refractivity contribution in [1.29, 1.82) is 0 Å². The van der Waals surface area contributed by atoms with Crippen molar-refractivity contribution in [2.45, 2.75) is 13.5 Å². The molecule has 0 atom stereocenters. The fourth-order valence-electron chi connectivity index (χ4n) is 1.89. The van der Waals surface area contributed by atoms with E-state index in [9.17, 15) is 4.39 Å². The summed E-state index contributed by atoms with van der Waals surface area (Å²) in [7, 11) is 2.00. The quantitative estimate of drug-likeness (QED) is 0.893. The van der Waals surface area contributed by atoms with Gasteiger partial charge in [0.05, 0.1) is 23.8 Å². The third-order valence-corrected chi connectivity index (χ3v) is 2.88. The van der Waals surface area contributed by atoms with E-state index >= 15 is 0 Å². The number of hydrogen-bond acceptors (Lipinski definition) is 3. The third-order valence-electron chi connectivity index (χ3n) is 2.88. The molecule has 0 spiro atoms. The summed E-state index contributed by atoms with van der Waals surface area (Å²) in [6.45, 7) is 3.64. The Morgan fingerprint density at radius 3 is 2.63 bits per heavy atom. The maximum Gasteiger partial charge on any atom is 0.123 e. The zero-order valence-corrected chi connectivity index (χ0v) is 11.2. The molecule has 0 amide bonds. The fourth-order valence-corrected chi connectivity index (χ4v) is 1.89. The van der Waals surface area contributed by atoms with Crippen LogP contribution in [0.2, 0.25) is 0 Å². The third kappa shape index (κ3) is 3.68. The van der Waals surface area contributed by atoms with E-state index in [-0.39, 0.29) is 5.82 Å². The Kier molecular flexibility index (Phi) is 4.34. The summed E-state index contributed by atoms with van der Waals surface area (Å²) in [5, 5.41) is 3.24. The van der Waals surface area contributed by atoms with Gasteiger partial charge in [0.1, 0.15) is 5.82 Å². The average Bonchev–Trinajstić information content (AvgIpc) is 2.42. The smallest absolute Gasteiger partial charge is 0.123 e. The summed E-state index contributed by atoms with van der Waals surface area (Å²) in [5.74, 6) is -0.206. The molecule has 1 aromatic heterocycles. The number of anilines is 2. The monoisotopic (exact) mass is 259 g/mol. The van der Waals surface area contributed by atoms with Gasteiger partial charge >= 0.3 is 0 Å². The van der Waals surface area contributed by atoms with Gasteiger partial charge in [0, 0.05) is 20.1 Å². The molecule has 1 heterocycles. The lowest BCUT2D eigenvalue weighted by Gasteiger charge is -2.19. The van der Waals surface area contributed by atoms with Gasteiger partial charge in [-0.15, -0.1) is 0 Å². The van der Waals surface area contributed by atoms with Crippen molar-refractivity contribution in [3.63, 3.8) is 0 Å². The topological polar surface area (TPSA) is 28.2 Å². The SMILES string of the molecule is CCNc1cncc(N(C)Cc2ccc(F)cc2)c1. The molecule has 0 bridgehead atoms. The molecule has 1 aromatic carbocycles. The molecule has 0 aliphatic carbocycles. The summed E-state index contributed by atoms with van der Waals surface area (Å²) in [4.78, 5) is 6.30. The normalized spacial score (nSPS) is 10.3. The highest BCUT2D eigenvalue weighted by Gasteiger charge is 2.04. The molecular formula is C15H18FN3. The Balaban J connectivity index is 2.08. The van der Waals surface area contributed by atoms with Crippen LogP contribution >= 0.6 is 0 Å². The van der Waals surface area contributed by atoms with Crippen molar-refractivity contribution in [3.8, 4) is 0 Å². The van der Waals surface area contributed by atoms with Gasteiger partial charge in [0.15, 0.2) is 0 Å². The number of nitrogens with zero attached hydrogens (tertiary/aromatic N) is 2. The van der Waals surface area contributed by atoms with Gasteiger partial charge in [0.2, 0.25) is 0 Å². The van der Waals surface area contributed by atoms with Crippen molar-refractivity contribution < 1.29 is 4.39 Å². The molecule has 0 saturated heterocycles. The lowest BCUT2D eigenvalue weighted by atomic mass is 10.2. The summed E-state index contributed by atoms with van der Waals surface area (Å²) >= 11 is 0. The molecule has 0 fully saturated rings. The lowest BCUT2D eigenvalue weighted by Crippen LogP contribution is -2.16. The summed E-state index contributed by atoms with van der Waals surface area (Å²) in [6.07, 6.45) is 3.63. The number of rotatable bonds is 5. The van der Waals surface area contributed by atoms with Gasteiger partial charge in [-0.25, -0.2) is 4.39 Å².